The number of H-pyrrole nitrogens is 1. The van der Waals surface area contributed by atoms with Crippen LogP contribution in [0.4, 0.5) is 0 Å². The zero-order valence-corrected chi connectivity index (χ0v) is 16.3. The molecule has 5 heteroatoms. The van der Waals surface area contributed by atoms with Gasteiger partial charge < -0.3 is 19.8 Å². The third kappa shape index (κ3) is 4.25. The van der Waals surface area contributed by atoms with E-state index in [0.717, 1.165) is 33.5 Å². The number of hydrogen-bond donors (Lipinski definition) is 2. The molecule has 1 heterocycles. The molecule has 0 fully saturated rings. The summed E-state index contributed by atoms with van der Waals surface area (Å²) >= 11 is 0. The molecule has 0 saturated heterocycles. The minimum absolute atomic E-state index is 0.00524. The van der Waals surface area contributed by atoms with Gasteiger partial charge in [-0.05, 0) is 41.5 Å². The Labute approximate surface area is 159 Å². The Morgan fingerprint density at radius 2 is 1.70 bits per heavy atom. The third-order valence-corrected chi connectivity index (χ3v) is 4.87. The van der Waals surface area contributed by atoms with Crippen molar-refractivity contribution in [3.05, 3.63) is 59.8 Å². The molecule has 0 aliphatic carbocycles. The smallest absolute Gasteiger partial charge is 0.224 e. The van der Waals surface area contributed by atoms with Crippen molar-refractivity contribution >= 4 is 16.8 Å². The van der Waals surface area contributed by atoms with Gasteiger partial charge >= 0.3 is 0 Å². The van der Waals surface area contributed by atoms with E-state index in [9.17, 15) is 4.79 Å². The van der Waals surface area contributed by atoms with Crippen LogP contribution in [0.2, 0.25) is 0 Å². The van der Waals surface area contributed by atoms with E-state index in [1.54, 1.807) is 14.2 Å². The topological polar surface area (TPSA) is 63.3 Å². The number of nitrogens with one attached hydrogen (secondary N) is 2. The molecular weight excluding hydrogens is 340 g/mol. The first kappa shape index (κ1) is 18.8. The molecule has 0 saturated carbocycles. The van der Waals surface area contributed by atoms with E-state index in [2.05, 4.69) is 24.1 Å². The molecule has 2 aromatic carbocycles. The lowest BCUT2D eigenvalue weighted by Gasteiger charge is -2.25. The Morgan fingerprint density at radius 1 is 1.04 bits per heavy atom. The van der Waals surface area contributed by atoms with E-state index in [1.165, 1.54) is 0 Å². The van der Waals surface area contributed by atoms with E-state index in [0.29, 0.717) is 13.0 Å². The number of ether oxygens (including phenoxy) is 2. The summed E-state index contributed by atoms with van der Waals surface area (Å²) in [6, 6.07) is 13.5. The number of amides is 1. The average molecular weight is 366 g/mol. The molecule has 3 aromatic rings. The van der Waals surface area contributed by atoms with Gasteiger partial charge in [0, 0.05) is 29.1 Å². The van der Waals surface area contributed by atoms with E-state index in [4.69, 9.17) is 9.47 Å². The van der Waals surface area contributed by atoms with Crippen LogP contribution >= 0.6 is 0 Å². The van der Waals surface area contributed by atoms with Gasteiger partial charge in [-0.2, -0.15) is 0 Å². The van der Waals surface area contributed by atoms with Crippen LogP contribution in [0.3, 0.4) is 0 Å². The quantitative estimate of drug-likeness (QED) is 0.668. The third-order valence-electron chi connectivity index (χ3n) is 4.87. The molecule has 0 aliphatic heterocycles. The summed E-state index contributed by atoms with van der Waals surface area (Å²) in [5.41, 5.74) is 2.95. The largest absolute Gasteiger partial charge is 0.497 e. The molecule has 1 aromatic heterocycles. The number of aromatic nitrogens is 1. The maximum absolute atomic E-state index is 12.4. The number of methoxy groups -OCH3 is 2. The second kappa shape index (κ2) is 7.74. The number of carbonyl (C=O) groups is 1. The summed E-state index contributed by atoms with van der Waals surface area (Å²) in [4.78, 5) is 15.7. The summed E-state index contributed by atoms with van der Waals surface area (Å²) in [5.74, 6) is 1.61. The van der Waals surface area contributed by atoms with Crippen LogP contribution in [0.15, 0.2) is 48.7 Å². The van der Waals surface area contributed by atoms with Gasteiger partial charge in [-0.1, -0.05) is 26.0 Å². The van der Waals surface area contributed by atoms with Crippen molar-refractivity contribution in [3.8, 4) is 11.5 Å². The molecule has 3 rings (SSSR count). The molecule has 5 nitrogen and oxygen atoms in total. The van der Waals surface area contributed by atoms with Crippen molar-refractivity contribution in [1.29, 1.82) is 0 Å². The van der Waals surface area contributed by atoms with Crippen molar-refractivity contribution in [2.45, 2.75) is 25.7 Å². The number of carbonyl (C=O) groups excluding carboxylic acids is 1. The van der Waals surface area contributed by atoms with Gasteiger partial charge in [0.1, 0.15) is 11.5 Å². The predicted molar refractivity (Wildman–Crippen MR) is 108 cm³/mol. The lowest BCUT2D eigenvalue weighted by atomic mass is 9.84. The Hall–Kier alpha value is -2.95. The lowest BCUT2D eigenvalue weighted by Crippen LogP contribution is -2.37. The molecule has 1 amide bonds. The Balaban J connectivity index is 1.68. The average Bonchev–Trinajstić information content (AvgIpc) is 3.11. The summed E-state index contributed by atoms with van der Waals surface area (Å²) in [7, 11) is 3.29. The number of fused-ring (bicyclic) bond motifs is 1. The fourth-order valence-electron chi connectivity index (χ4n) is 3.19. The molecule has 0 bridgehead atoms. The molecule has 0 spiro atoms. The van der Waals surface area contributed by atoms with Gasteiger partial charge in [-0.25, -0.2) is 0 Å². The van der Waals surface area contributed by atoms with Gasteiger partial charge in [0.2, 0.25) is 5.91 Å². The predicted octanol–water partition coefficient (Wildman–Crippen LogP) is 3.82. The molecule has 142 valence electrons. The zero-order chi connectivity index (χ0) is 19.4. The molecular formula is C22H26N2O3. The van der Waals surface area contributed by atoms with Gasteiger partial charge in [0.15, 0.2) is 0 Å². The zero-order valence-electron chi connectivity index (χ0n) is 16.3. The van der Waals surface area contributed by atoms with Crippen molar-refractivity contribution in [3.63, 3.8) is 0 Å². The fourth-order valence-corrected chi connectivity index (χ4v) is 3.19. The highest BCUT2D eigenvalue weighted by Gasteiger charge is 2.25. The van der Waals surface area contributed by atoms with Crippen LogP contribution in [0.5, 0.6) is 11.5 Å². The summed E-state index contributed by atoms with van der Waals surface area (Å²) in [6.45, 7) is 4.80. The standard InChI is InChI=1S/C22H26N2O3/c1-22(2,19-13-23-20-10-9-17(27-4)12-18(19)20)14-24-21(25)11-15-5-7-16(26-3)8-6-15/h5-10,12-13,23H,11,14H2,1-4H3,(H,24,25). The molecule has 0 aliphatic rings. The SMILES string of the molecule is COc1ccc(CC(=O)NCC(C)(C)c2c[nH]c3ccc(OC)cc23)cc1. The van der Waals surface area contributed by atoms with E-state index in [1.807, 2.05) is 48.7 Å². The van der Waals surface area contributed by atoms with Gasteiger partial charge in [0.25, 0.3) is 0 Å². The van der Waals surface area contributed by atoms with Crippen molar-refractivity contribution < 1.29 is 14.3 Å². The first-order valence-corrected chi connectivity index (χ1v) is 8.98. The summed E-state index contributed by atoms with van der Waals surface area (Å²) in [5, 5.41) is 4.18. The molecule has 27 heavy (non-hydrogen) atoms. The monoisotopic (exact) mass is 366 g/mol. The van der Waals surface area contributed by atoms with Crippen molar-refractivity contribution in [2.24, 2.45) is 0 Å². The van der Waals surface area contributed by atoms with Crippen LogP contribution in [0.25, 0.3) is 10.9 Å². The highest BCUT2D eigenvalue weighted by Crippen LogP contribution is 2.32. The minimum Gasteiger partial charge on any atom is -0.497 e. The van der Waals surface area contributed by atoms with E-state index < -0.39 is 0 Å². The molecule has 2 N–H and O–H groups in total. The maximum atomic E-state index is 12.4. The Morgan fingerprint density at radius 3 is 2.37 bits per heavy atom. The van der Waals surface area contributed by atoms with Gasteiger partial charge in [-0.3, -0.25) is 4.79 Å². The number of aromatic amines is 1. The highest BCUT2D eigenvalue weighted by molar-refractivity contribution is 5.86. The fraction of sp³-hybridized carbons (Fsp3) is 0.318. The van der Waals surface area contributed by atoms with Crippen LogP contribution in [-0.2, 0) is 16.6 Å². The van der Waals surface area contributed by atoms with E-state index >= 15 is 0 Å². The van der Waals surface area contributed by atoms with Crippen molar-refractivity contribution in [2.75, 3.05) is 20.8 Å². The van der Waals surface area contributed by atoms with Crippen LogP contribution in [0.1, 0.15) is 25.0 Å². The molecule has 0 radical (unpaired) electrons. The molecule has 0 unspecified atom stereocenters. The van der Waals surface area contributed by atoms with E-state index in [-0.39, 0.29) is 11.3 Å². The number of benzene rings is 2. The normalized spacial score (nSPS) is 11.4. The van der Waals surface area contributed by atoms with Crippen LogP contribution < -0.4 is 14.8 Å². The van der Waals surface area contributed by atoms with Crippen molar-refractivity contribution in [1.82, 2.24) is 10.3 Å². The van der Waals surface area contributed by atoms with Gasteiger partial charge in [0.05, 0.1) is 20.6 Å². The number of hydrogen-bond acceptors (Lipinski definition) is 3. The summed E-state index contributed by atoms with van der Waals surface area (Å²) < 4.78 is 10.5. The molecule has 0 atom stereocenters. The highest BCUT2D eigenvalue weighted by atomic mass is 16.5. The van der Waals surface area contributed by atoms with Gasteiger partial charge in [-0.15, -0.1) is 0 Å². The maximum Gasteiger partial charge on any atom is 0.224 e. The summed E-state index contributed by atoms with van der Waals surface area (Å²) in [6.07, 6.45) is 2.36. The first-order chi connectivity index (χ1) is 12.9. The second-order valence-electron chi connectivity index (χ2n) is 7.30. The van der Waals surface area contributed by atoms with Crippen LogP contribution in [0, 0.1) is 0 Å². The second-order valence-corrected chi connectivity index (χ2v) is 7.30. The lowest BCUT2D eigenvalue weighted by molar-refractivity contribution is -0.120. The number of rotatable bonds is 7. The minimum atomic E-state index is -0.222. The van der Waals surface area contributed by atoms with Crippen LogP contribution in [-0.4, -0.2) is 31.7 Å². The Kier molecular flexibility index (Phi) is 5.40. The first-order valence-electron chi connectivity index (χ1n) is 8.98. The Bertz CT molecular complexity index is 926.